The van der Waals surface area contributed by atoms with E-state index in [0.29, 0.717) is 18.0 Å². The van der Waals surface area contributed by atoms with E-state index in [1.165, 1.54) is 0 Å². The summed E-state index contributed by atoms with van der Waals surface area (Å²) in [6.07, 6.45) is 0. The zero-order valence-corrected chi connectivity index (χ0v) is 16.1. The van der Waals surface area contributed by atoms with E-state index in [4.69, 9.17) is 13.6 Å². The lowest BCUT2D eigenvalue weighted by Crippen LogP contribution is -2.31. The van der Waals surface area contributed by atoms with Crippen LogP contribution in [-0.2, 0) is 11.3 Å². The molecule has 144 valence electrons. The number of nitrogens with zero attached hydrogens (tertiary/aromatic N) is 1. The van der Waals surface area contributed by atoms with Gasteiger partial charge in [0.1, 0.15) is 28.4 Å². The van der Waals surface area contributed by atoms with Crippen molar-refractivity contribution in [3.63, 3.8) is 0 Å². The van der Waals surface area contributed by atoms with Crippen molar-refractivity contribution in [1.29, 1.82) is 0 Å². The maximum atomic E-state index is 12.5. The van der Waals surface area contributed by atoms with E-state index in [1.54, 1.807) is 19.1 Å². The first-order chi connectivity index (χ1) is 13.5. The summed E-state index contributed by atoms with van der Waals surface area (Å²) < 4.78 is 17.0. The number of amides is 1. The van der Waals surface area contributed by atoms with E-state index in [0.717, 1.165) is 33.5 Å². The first-order valence-corrected chi connectivity index (χ1v) is 9.07. The molecule has 0 bridgehead atoms. The predicted molar refractivity (Wildman–Crippen MR) is 109 cm³/mol. The van der Waals surface area contributed by atoms with Crippen LogP contribution in [0.5, 0.6) is 5.75 Å². The smallest absolute Gasteiger partial charge is 0.242 e. The van der Waals surface area contributed by atoms with Gasteiger partial charge in [0.2, 0.25) is 5.91 Å². The molecule has 0 atom stereocenters. The number of carbonyl (C=O) groups is 1. The van der Waals surface area contributed by atoms with Gasteiger partial charge >= 0.3 is 0 Å². The van der Waals surface area contributed by atoms with E-state index in [2.05, 4.69) is 5.32 Å². The Balaban J connectivity index is 1.52. The summed E-state index contributed by atoms with van der Waals surface area (Å²) >= 11 is 0. The molecule has 2 aromatic heterocycles. The third-order valence-electron chi connectivity index (χ3n) is 4.74. The standard InChI is InChI=1S/C22H22N2O4/c1-14-8-9-15(27-14)13-24(2)22(25)12-23-18-11-20-17(10-21(18)26-3)16-6-4-5-7-19(16)28-20/h4-11,23H,12-13H2,1-3H3. The lowest BCUT2D eigenvalue weighted by atomic mass is 10.1. The van der Waals surface area contributed by atoms with Crippen molar-refractivity contribution >= 4 is 33.5 Å². The predicted octanol–water partition coefficient (Wildman–Crippen LogP) is 4.57. The zero-order valence-electron chi connectivity index (χ0n) is 16.1. The van der Waals surface area contributed by atoms with Crippen molar-refractivity contribution < 1.29 is 18.4 Å². The second kappa shape index (κ2) is 7.31. The molecule has 0 aliphatic heterocycles. The van der Waals surface area contributed by atoms with Crippen molar-refractivity contribution in [1.82, 2.24) is 4.90 Å². The second-order valence-electron chi connectivity index (χ2n) is 6.76. The van der Waals surface area contributed by atoms with E-state index in [9.17, 15) is 4.79 Å². The molecule has 2 aromatic carbocycles. The summed E-state index contributed by atoms with van der Waals surface area (Å²) in [5, 5.41) is 5.18. The maximum Gasteiger partial charge on any atom is 0.242 e. The summed E-state index contributed by atoms with van der Waals surface area (Å²) in [6.45, 7) is 2.44. The molecule has 0 saturated carbocycles. The maximum absolute atomic E-state index is 12.5. The fourth-order valence-corrected chi connectivity index (χ4v) is 3.26. The summed E-state index contributed by atoms with van der Waals surface area (Å²) in [4.78, 5) is 14.1. The average Bonchev–Trinajstić information content (AvgIpc) is 3.27. The number of benzene rings is 2. The molecule has 6 nitrogen and oxygen atoms in total. The van der Waals surface area contributed by atoms with Crippen LogP contribution in [0.3, 0.4) is 0 Å². The number of hydrogen-bond acceptors (Lipinski definition) is 5. The molecule has 0 radical (unpaired) electrons. The number of para-hydroxylation sites is 1. The monoisotopic (exact) mass is 378 g/mol. The molecule has 6 heteroatoms. The second-order valence-corrected chi connectivity index (χ2v) is 6.76. The number of aryl methyl sites for hydroxylation is 1. The Bertz CT molecular complexity index is 1140. The largest absolute Gasteiger partial charge is 0.495 e. The van der Waals surface area contributed by atoms with Gasteiger partial charge in [0.25, 0.3) is 0 Å². The Morgan fingerprint density at radius 2 is 1.89 bits per heavy atom. The lowest BCUT2D eigenvalue weighted by Gasteiger charge is -2.17. The minimum absolute atomic E-state index is 0.0548. The van der Waals surface area contributed by atoms with Gasteiger partial charge in [0.15, 0.2) is 0 Å². The quantitative estimate of drug-likeness (QED) is 0.532. The number of nitrogens with one attached hydrogen (secondary N) is 1. The van der Waals surface area contributed by atoms with Crippen molar-refractivity contribution in [2.45, 2.75) is 13.5 Å². The molecular formula is C22H22N2O4. The van der Waals surface area contributed by atoms with Crippen LogP contribution in [0.2, 0.25) is 0 Å². The highest BCUT2D eigenvalue weighted by molar-refractivity contribution is 6.06. The molecule has 0 unspecified atom stereocenters. The minimum Gasteiger partial charge on any atom is -0.495 e. The molecule has 1 N–H and O–H groups in total. The number of methoxy groups -OCH3 is 1. The van der Waals surface area contributed by atoms with Gasteiger partial charge in [-0.05, 0) is 31.2 Å². The van der Waals surface area contributed by atoms with E-state index in [1.807, 2.05) is 55.5 Å². The van der Waals surface area contributed by atoms with Gasteiger partial charge in [-0.3, -0.25) is 4.79 Å². The summed E-state index contributed by atoms with van der Waals surface area (Å²) in [6, 6.07) is 15.4. The summed E-state index contributed by atoms with van der Waals surface area (Å²) in [5.41, 5.74) is 2.28. The molecule has 0 saturated heterocycles. The normalized spacial score (nSPS) is 11.1. The highest BCUT2D eigenvalue weighted by atomic mass is 16.5. The molecule has 0 spiro atoms. The number of furan rings is 2. The van der Waals surface area contributed by atoms with Gasteiger partial charge in [0.05, 0.1) is 25.9 Å². The average molecular weight is 378 g/mol. The van der Waals surface area contributed by atoms with E-state index in [-0.39, 0.29) is 12.5 Å². The van der Waals surface area contributed by atoms with Crippen LogP contribution in [0.4, 0.5) is 5.69 Å². The third kappa shape index (κ3) is 3.41. The number of fused-ring (bicyclic) bond motifs is 3. The first-order valence-electron chi connectivity index (χ1n) is 9.07. The number of rotatable bonds is 6. The van der Waals surface area contributed by atoms with E-state index < -0.39 is 0 Å². The van der Waals surface area contributed by atoms with Crippen molar-refractivity contribution in [3.05, 3.63) is 60.1 Å². The van der Waals surface area contributed by atoms with Crippen LogP contribution in [0.25, 0.3) is 21.9 Å². The molecule has 0 fully saturated rings. The van der Waals surface area contributed by atoms with Gasteiger partial charge in [-0.25, -0.2) is 0 Å². The van der Waals surface area contributed by atoms with Crippen LogP contribution in [0.1, 0.15) is 11.5 Å². The van der Waals surface area contributed by atoms with Gasteiger partial charge in [-0.2, -0.15) is 0 Å². The molecule has 28 heavy (non-hydrogen) atoms. The molecule has 0 aliphatic carbocycles. The van der Waals surface area contributed by atoms with Crippen LogP contribution in [0, 0.1) is 6.92 Å². The fourth-order valence-electron chi connectivity index (χ4n) is 3.26. The Labute approximate surface area is 162 Å². The van der Waals surface area contributed by atoms with Crippen molar-refractivity contribution in [3.8, 4) is 5.75 Å². The third-order valence-corrected chi connectivity index (χ3v) is 4.74. The zero-order chi connectivity index (χ0) is 19.7. The van der Waals surface area contributed by atoms with E-state index >= 15 is 0 Å². The Morgan fingerprint density at radius 3 is 2.64 bits per heavy atom. The molecule has 2 heterocycles. The Kier molecular flexibility index (Phi) is 4.69. The number of anilines is 1. The fraction of sp³-hybridized carbons (Fsp3) is 0.227. The summed E-state index contributed by atoms with van der Waals surface area (Å²) in [5.74, 6) is 2.20. The minimum atomic E-state index is -0.0548. The lowest BCUT2D eigenvalue weighted by molar-refractivity contribution is -0.128. The number of carbonyl (C=O) groups excluding carboxylic acids is 1. The highest BCUT2D eigenvalue weighted by Gasteiger charge is 2.15. The van der Waals surface area contributed by atoms with Crippen molar-refractivity contribution in [2.24, 2.45) is 0 Å². The van der Waals surface area contributed by atoms with Gasteiger partial charge in [-0.15, -0.1) is 0 Å². The Hall–Kier alpha value is -3.41. The molecular weight excluding hydrogens is 356 g/mol. The molecule has 0 aliphatic rings. The topological polar surface area (TPSA) is 67.8 Å². The molecule has 4 aromatic rings. The van der Waals surface area contributed by atoms with Gasteiger partial charge in [-0.1, -0.05) is 18.2 Å². The van der Waals surface area contributed by atoms with Crippen LogP contribution in [-0.4, -0.2) is 31.5 Å². The van der Waals surface area contributed by atoms with Crippen LogP contribution in [0.15, 0.2) is 57.4 Å². The van der Waals surface area contributed by atoms with Crippen LogP contribution < -0.4 is 10.1 Å². The number of likely N-dealkylation sites (N-methyl/N-ethyl adjacent to an activating group) is 1. The van der Waals surface area contributed by atoms with Gasteiger partial charge in [0, 0.05) is 23.9 Å². The van der Waals surface area contributed by atoms with Crippen LogP contribution >= 0.6 is 0 Å². The SMILES string of the molecule is COc1cc2c(cc1NCC(=O)N(C)Cc1ccc(C)o1)oc1ccccc12. The Morgan fingerprint density at radius 1 is 1.07 bits per heavy atom. The van der Waals surface area contributed by atoms with Crippen molar-refractivity contribution in [2.75, 3.05) is 26.0 Å². The number of ether oxygens (including phenoxy) is 1. The molecule has 1 amide bonds. The summed E-state index contributed by atoms with van der Waals surface area (Å²) in [7, 11) is 3.36. The number of hydrogen-bond donors (Lipinski definition) is 1. The highest BCUT2D eigenvalue weighted by Crippen LogP contribution is 2.36. The molecule has 4 rings (SSSR count). The first kappa shape index (κ1) is 18.0. The van der Waals surface area contributed by atoms with Gasteiger partial charge < -0.3 is 23.8 Å².